The Labute approximate surface area is 157 Å². The minimum atomic E-state index is 0.291. The summed E-state index contributed by atoms with van der Waals surface area (Å²) in [6.45, 7) is 8.36. The van der Waals surface area contributed by atoms with E-state index in [9.17, 15) is 0 Å². The standard InChI is InChI=1S/C22H30N4/c1-15-13-16(2)24-21-11-7-8-12-22(21)26-18(4)14-17(3)25-20-10-6-5-9-19(20)23-15/h5-6,9-10,13-14,21-23,25H,7-8,11-12H2,1-4H3/b15-13-,17-14-,24-16?,26-18?. The Bertz CT molecular complexity index is 705. The SMILES string of the molecule is CC1=NC2CCCCC2N=C(C)/C=C(/C)Nc2ccccc2N/C(C)=C\1. The largest absolute Gasteiger partial charge is 0.357 e. The Morgan fingerprint density at radius 1 is 0.731 bits per heavy atom. The molecule has 0 spiro atoms. The Morgan fingerprint density at radius 3 is 1.58 bits per heavy atom. The minimum Gasteiger partial charge on any atom is -0.357 e. The number of fused-ring (bicyclic) bond motifs is 2. The van der Waals surface area contributed by atoms with Gasteiger partial charge in [-0.2, -0.15) is 0 Å². The van der Waals surface area contributed by atoms with Crippen molar-refractivity contribution in [3.63, 3.8) is 0 Å². The average molecular weight is 351 g/mol. The van der Waals surface area contributed by atoms with Crippen molar-refractivity contribution in [3.8, 4) is 0 Å². The molecule has 4 nitrogen and oxygen atoms in total. The van der Waals surface area contributed by atoms with Gasteiger partial charge in [0.15, 0.2) is 0 Å². The number of nitrogens with zero attached hydrogens (tertiary/aromatic N) is 2. The molecule has 1 saturated carbocycles. The summed E-state index contributed by atoms with van der Waals surface area (Å²) in [6.07, 6.45) is 9.02. The summed E-state index contributed by atoms with van der Waals surface area (Å²) >= 11 is 0. The predicted octanol–water partition coefficient (Wildman–Crippen LogP) is 5.56. The van der Waals surface area contributed by atoms with E-state index in [4.69, 9.17) is 9.98 Å². The van der Waals surface area contributed by atoms with Crippen molar-refractivity contribution >= 4 is 22.8 Å². The van der Waals surface area contributed by atoms with Crippen molar-refractivity contribution in [2.24, 2.45) is 9.98 Å². The van der Waals surface area contributed by atoms with Gasteiger partial charge in [0.05, 0.1) is 23.5 Å². The number of benzene rings is 1. The summed E-state index contributed by atoms with van der Waals surface area (Å²) in [5.74, 6) is 0. The third-order valence-electron chi connectivity index (χ3n) is 4.87. The lowest BCUT2D eigenvalue weighted by Gasteiger charge is -2.26. The van der Waals surface area contributed by atoms with Gasteiger partial charge in [0.2, 0.25) is 0 Å². The number of anilines is 2. The molecule has 2 unspecified atom stereocenters. The normalized spacial score (nSPS) is 28.3. The van der Waals surface area contributed by atoms with Gasteiger partial charge in [-0.15, -0.1) is 0 Å². The zero-order chi connectivity index (χ0) is 18.5. The van der Waals surface area contributed by atoms with Gasteiger partial charge >= 0.3 is 0 Å². The van der Waals surface area contributed by atoms with E-state index < -0.39 is 0 Å². The van der Waals surface area contributed by atoms with Crippen molar-refractivity contribution in [2.75, 3.05) is 10.6 Å². The monoisotopic (exact) mass is 350 g/mol. The van der Waals surface area contributed by atoms with E-state index >= 15 is 0 Å². The fourth-order valence-electron chi connectivity index (χ4n) is 3.82. The van der Waals surface area contributed by atoms with Crippen LogP contribution in [0.1, 0.15) is 53.4 Å². The molecular weight excluding hydrogens is 320 g/mol. The fraction of sp³-hybridized carbons (Fsp3) is 0.455. The number of aliphatic imine (C=N–C) groups is 2. The third kappa shape index (κ3) is 4.84. The molecule has 1 aromatic carbocycles. The third-order valence-corrected chi connectivity index (χ3v) is 4.87. The lowest BCUT2D eigenvalue weighted by molar-refractivity contribution is 0.388. The van der Waals surface area contributed by atoms with E-state index in [2.05, 4.69) is 62.6 Å². The van der Waals surface area contributed by atoms with Gasteiger partial charge in [-0.05, 0) is 64.8 Å². The second-order valence-corrected chi connectivity index (χ2v) is 7.41. The molecule has 1 fully saturated rings. The van der Waals surface area contributed by atoms with Crippen molar-refractivity contribution in [2.45, 2.75) is 65.5 Å². The molecule has 1 heterocycles. The summed E-state index contributed by atoms with van der Waals surface area (Å²) in [6, 6.07) is 8.85. The van der Waals surface area contributed by atoms with Crippen LogP contribution in [0.3, 0.4) is 0 Å². The first kappa shape index (κ1) is 18.4. The molecule has 138 valence electrons. The van der Waals surface area contributed by atoms with Crippen molar-refractivity contribution in [3.05, 3.63) is 47.8 Å². The number of rotatable bonds is 0. The first-order valence-corrected chi connectivity index (χ1v) is 9.60. The summed E-state index contributed by atoms with van der Waals surface area (Å²) in [4.78, 5) is 10.0. The Hall–Kier alpha value is -2.36. The van der Waals surface area contributed by atoms with Crippen LogP contribution >= 0.6 is 0 Å². The Balaban J connectivity index is 2.02. The van der Waals surface area contributed by atoms with Crippen LogP contribution in [0.4, 0.5) is 11.4 Å². The predicted molar refractivity (Wildman–Crippen MR) is 113 cm³/mol. The van der Waals surface area contributed by atoms with Gasteiger partial charge in [-0.25, -0.2) is 0 Å². The highest BCUT2D eigenvalue weighted by atomic mass is 15.0. The van der Waals surface area contributed by atoms with Crippen molar-refractivity contribution in [1.82, 2.24) is 0 Å². The highest BCUT2D eigenvalue weighted by molar-refractivity contribution is 5.95. The van der Waals surface area contributed by atoms with Crippen LogP contribution in [0, 0.1) is 0 Å². The molecule has 1 aliphatic heterocycles. The van der Waals surface area contributed by atoms with Gasteiger partial charge in [0.25, 0.3) is 0 Å². The van der Waals surface area contributed by atoms with Gasteiger partial charge in [-0.3, -0.25) is 9.98 Å². The maximum absolute atomic E-state index is 5.00. The minimum absolute atomic E-state index is 0.291. The number of hydrogen-bond donors (Lipinski definition) is 2. The quantitative estimate of drug-likeness (QED) is 0.643. The van der Waals surface area contributed by atoms with E-state index in [1.165, 1.54) is 12.8 Å². The molecule has 0 bridgehead atoms. The molecule has 26 heavy (non-hydrogen) atoms. The molecule has 1 aliphatic carbocycles. The van der Waals surface area contributed by atoms with E-state index in [-0.39, 0.29) is 0 Å². The zero-order valence-electron chi connectivity index (χ0n) is 16.3. The Kier molecular flexibility index (Phi) is 5.92. The van der Waals surface area contributed by atoms with Gasteiger partial charge in [-0.1, -0.05) is 25.0 Å². The lowest BCUT2D eigenvalue weighted by Crippen LogP contribution is -2.28. The molecule has 0 radical (unpaired) electrons. The molecule has 0 aromatic heterocycles. The average Bonchev–Trinajstić information content (AvgIpc) is 2.57. The first-order valence-electron chi connectivity index (χ1n) is 9.60. The summed E-state index contributed by atoms with van der Waals surface area (Å²) in [5.41, 5.74) is 6.42. The summed E-state index contributed by atoms with van der Waals surface area (Å²) in [7, 11) is 0. The molecule has 0 amide bonds. The number of nitrogens with one attached hydrogen (secondary N) is 2. The maximum atomic E-state index is 5.00. The van der Waals surface area contributed by atoms with Crippen LogP contribution in [-0.2, 0) is 0 Å². The van der Waals surface area contributed by atoms with E-state index in [0.29, 0.717) is 12.1 Å². The first-order chi connectivity index (χ1) is 12.5. The van der Waals surface area contributed by atoms with Crippen LogP contribution in [0.15, 0.2) is 57.8 Å². The van der Waals surface area contributed by atoms with Crippen LogP contribution in [0.25, 0.3) is 0 Å². The number of para-hydroxylation sites is 2. The van der Waals surface area contributed by atoms with E-state index in [1.54, 1.807) is 0 Å². The van der Waals surface area contributed by atoms with Gasteiger partial charge in [0.1, 0.15) is 0 Å². The highest BCUT2D eigenvalue weighted by Gasteiger charge is 2.24. The fourth-order valence-corrected chi connectivity index (χ4v) is 3.82. The second kappa shape index (κ2) is 8.35. The molecule has 4 heteroatoms. The van der Waals surface area contributed by atoms with Gasteiger partial charge in [0, 0.05) is 22.8 Å². The number of hydrogen-bond acceptors (Lipinski definition) is 4. The van der Waals surface area contributed by atoms with E-state index in [1.807, 2.05) is 12.1 Å². The van der Waals surface area contributed by atoms with Gasteiger partial charge < -0.3 is 10.6 Å². The van der Waals surface area contributed by atoms with Crippen molar-refractivity contribution < 1.29 is 0 Å². The number of allylic oxidation sites excluding steroid dienone is 4. The molecule has 1 aromatic rings. The molecular formula is C22H30N4. The summed E-state index contributed by atoms with van der Waals surface area (Å²) < 4.78 is 0. The molecule has 0 saturated heterocycles. The molecule has 3 rings (SSSR count). The molecule has 2 atom stereocenters. The molecule has 2 aliphatic rings. The van der Waals surface area contributed by atoms with Crippen LogP contribution in [0.2, 0.25) is 0 Å². The van der Waals surface area contributed by atoms with Crippen LogP contribution < -0.4 is 10.6 Å². The van der Waals surface area contributed by atoms with Crippen LogP contribution in [-0.4, -0.2) is 23.5 Å². The topological polar surface area (TPSA) is 48.8 Å². The van der Waals surface area contributed by atoms with Crippen molar-refractivity contribution in [1.29, 1.82) is 0 Å². The van der Waals surface area contributed by atoms with Crippen LogP contribution in [0.5, 0.6) is 0 Å². The lowest BCUT2D eigenvalue weighted by atomic mass is 9.91. The maximum Gasteiger partial charge on any atom is 0.0726 e. The smallest absolute Gasteiger partial charge is 0.0726 e. The zero-order valence-corrected chi connectivity index (χ0v) is 16.3. The second-order valence-electron chi connectivity index (χ2n) is 7.41. The molecule has 2 N–H and O–H groups in total. The highest BCUT2D eigenvalue weighted by Crippen LogP contribution is 2.26. The van der Waals surface area contributed by atoms with E-state index in [0.717, 1.165) is 47.0 Å². The Morgan fingerprint density at radius 2 is 1.15 bits per heavy atom. The summed E-state index contributed by atoms with van der Waals surface area (Å²) in [5, 5.41) is 7.02.